The van der Waals surface area contributed by atoms with Crippen LogP contribution in [0.5, 0.6) is 11.5 Å². The van der Waals surface area contributed by atoms with Crippen molar-refractivity contribution in [3.8, 4) is 11.5 Å². The van der Waals surface area contributed by atoms with Crippen molar-refractivity contribution in [2.75, 3.05) is 25.6 Å². The highest BCUT2D eigenvalue weighted by atomic mass is 19.3. The third kappa shape index (κ3) is 5.31. The lowest BCUT2D eigenvalue weighted by Crippen LogP contribution is -2.29. The van der Waals surface area contributed by atoms with E-state index in [1.807, 2.05) is 19.9 Å². The van der Waals surface area contributed by atoms with E-state index in [0.29, 0.717) is 16.8 Å². The fourth-order valence-electron chi connectivity index (χ4n) is 4.45. The number of anilines is 1. The fourth-order valence-corrected chi connectivity index (χ4v) is 4.45. The molecule has 1 aromatic heterocycles. The number of aromatic nitrogens is 1. The molecule has 8 nitrogen and oxygen atoms in total. The van der Waals surface area contributed by atoms with Gasteiger partial charge in [-0.1, -0.05) is 19.9 Å². The summed E-state index contributed by atoms with van der Waals surface area (Å²) in [6, 6.07) is 9.49. The average molecular weight is 537 g/mol. The number of ether oxygens (including phenoxy) is 2. The SMILES string of the molecule is CNc1cc2cc(C(C)(C)CO)n(CC(O)CO)c2cc1F.O=CC1(c2ccc3c(c2)OC(F)(F)O3)CC1. The third-order valence-electron chi connectivity index (χ3n) is 6.94. The van der Waals surface area contributed by atoms with Crippen LogP contribution in [0.3, 0.4) is 0 Å². The Bertz CT molecular complexity index is 1340. The Kier molecular flexibility index (Phi) is 7.39. The van der Waals surface area contributed by atoms with Gasteiger partial charge in [-0.2, -0.15) is 0 Å². The molecule has 206 valence electrons. The smallest absolute Gasteiger partial charge is 0.395 e. The van der Waals surface area contributed by atoms with Crippen LogP contribution in [-0.4, -0.2) is 58.8 Å². The Morgan fingerprint density at radius 3 is 2.39 bits per heavy atom. The summed E-state index contributed by atoms with van der Waals surface area (Å²) in [5.41, 5.74) is 1.47. The van der Waals surface area contributed by atoms with Crippen molar-refractivity contribution in [1.29, 1.82) is 0 Å². The molecule has 11 heteroatoms. The lowest BCUT2D eigenvalue weighted by Gasteiger charge is -2.25. The van der Waals surface area contributed by atoms with Gasteiger partial charge in [0.1, 0.15) is 12.1 Å². The molecule has 1 fully saturated rings. The molecule has 3 aromatic rings. The van der Waals surface area contributed by atoms with Crippen molar-refractivity contribution in [2.45, 2.75) is 56.5 Å². The molecule has 1 aliphatic carbocycles. The number of fused-ring (bicyclic) bond motifs is 2. The molecule has 5 rings (SSSR count). The van der Waals surface area contributed by atoms with E-state index in [0.717, 1.165) is 30.2 Å². The predicted octanol–water partition coefficient (Wildman–Crippen LogP) is 3.68. The van der Waals surface area contributed by atoms with Crippen molar-refractivity contribution in [2.24, 2.45) is 0 Å². The minimum atomic E-state index is -3.60. The second-order valence-electron chi connectivity index (χ2n) is 10.3. The first-order chi connectivity index (χ1) is 17.9. The number of hydrogen-bond acceptors (Lipinski definition) is 7. The van der Waals surface area contributed by atoms with E-state index in [4.69, 9.17) is 5.11 Å². The molecule has 1 unspecified atom stereocenters. The van der Waals surface area contributed by atoms with Crippen LogP contribution in [0.4, 0.5) is 18.9 Å². The maximum atomic E-state index is 14.1. The second-order valence-corrected chi connectivity index (χ2v) is 10.3. The quantitative estimate of drug-likeness (QED) is 0.325. The molecule has 2 heterocycles. The van der Waals surface area contributed by atoms with Gasteiger partial charge in [-0.15, -0.1) is 8.78 Å². The molecule has 0 saturated heterocycles. The van der Waals surface area contributed by atoms with Crippen LogP contribution >= 0.6 is 0 Å². The third-order valence-corrected chi connectivity index (χ3v) is 6.94. The summed E-state index contributed by atoms with van der Waals surface area (Å²) in [6.45, 7) is 3.42. The second kappa shape index (κ2) is 10.1. The molecule has 0 spiro atoms. The normalized spacial score (nSPS) is 17.5. The Balaban J connectivity index is 0.000000185. The lowest BCUT2D eigenvalue weighted by atomic mass is 9.90. The summed E-state index contributed by atoms with van der Waals surface area (Å²) < 4.78 is 49.9. The zero-order chi connectivity index (χ0) is 27.9. The van der Waals surface area contributed by atoms with Gasteiger partial charge in [-0.05, 0) is 42.7 Å². The van der Waals surface area contributed by atoms with Crippen LogP contribution in [0, 0.1) is 5.82 Å². The van der Waals surface area contributed by atoms with Gasteiger partial charge in [0, 0.05) is 29.6 Å². The number of carbonyl (C=O) groups excluding carboxylic acids is 1. The highest BCUT2D eigenvalue weighted by Crippen LogP contribution is 2.50. The number of nitrogens with one attached hydrogen (secondary N) is 1. The monoisotopic (exact) mass is 536 g/mol. The molecular formula is C27H31F3N2O6. The van der Waals surface area contributed by atoms with Gasteiger partial charge < -0.3 is 39.5 Å². The number of rotatable bonds is 8. The van der Waals surface area contributed by atoms with Crippen LogP contribution in [0.2, 0.25) is 0 Å². The first-order valence-electron chi connectivity index (χ1n) is 12.2. The van der Waals surface area contributed by atoms with Crippen molar-refractivity contribution in [3.63, 3.8) is 0 Å². The van der Waals surface area contributed by atoms with Crippen molar-refractivity contribution in [1.82, 2.24) is 4.57 Å². The summed E-state index contributed by atoms with van der Waals surface area (Å²) in [5.74, 6) is -0.382. The lowest BCUT2D eigenvalue weighted by molar-refractivity contribution is -0.286. The zero-order valence-electron chi connectivity index (χ0n) is 21.3. The Morgan fingerprint density at radius 1 is 1.13 bits per heavy atom. The number of nitrogens with zero attached hydrogens (tertiary/aromatic N) is 1. The molecule has 2 aliphatic rings. The number of alkyl halides is 2. The fraction of sp³-hybridized carbons (Fsp3) is 0.444. The summed E-state index contributed by atoms with van der Waals surface area (Å²) >= 11 is 0. The molecule has 1 aliphatic heterocycles. The molecule has 4 N–H and O–H groups in total. The van der Waals surface area contributed by atoms with E-state index in [1.54, 1.807) is 23.7 Å². The number of aliphatic hydroxyl groups is 3. The molecule has 0 bridgehead atoms. The highest BCUT2D eigenvalue weighted by molar-refractivity contribution is 5.85. The minimum absolute atomic E-state index is 0.00405. The number of hydrogen-bond donors (Lipinski definition) is 4. The van der Waals surface area contributed by atoms with Crippen molar-refractivity contribution in [3.05, 3.63) is 53.5 Å². The number of benzene rings is 2. The van der Waals surface area contributed by atoms with E-state index in [1.165, 1.54) is 18.2 Å². The first-order valence-corrected chi connectivity index (χ1v) is 12.2. The van der Waals surface area contributed by atoms with E-state index < -0.39 is 23.2 Å². The Labute approximate surface area is 217 Å². The van der Waals surface area contributed by atoms with Crippen LogP contribution in [0.15, 0.2) is 36.4 Å². The highest BCUT2D eigenvalue weighted by Gasteiger charge is 2.47. The van der Waals surface area contributed by atoms with E-state index in [-0.39, 0.29) is 37.1 Å². The predicted molar refractivity (Wildman–Crippen MR) is 134 cm³/mol. The van der Waals surface area contributed by atoms with E-state index in [2.05, 4.69) is 14.8 Å². The maximum absolute atomic E-state index is 14.1. The zero-order valence-corrected chi connectivity index (χ0v) is 21.3. The summed E-state index contributed by atoms with van der Waals surface area (Å²) in [5, 5.41) is 32.1. The largest absolute Gasteiger partial charge is 0.586 e. The summed E-state index contributed by atoms with van der Waals surface area (Å²) in [7, 11) is 1.65. The van der Waals surface area contributed by atoms with Gasteiger partial charge in [-0.3, -0.25) is 0 Å². The van der Waals surface area contributed by atoms with Gasteiger partial charge in [0.25, 0.3) is 0 Å². The maximum Gasteiger partial charge on any atom is 0.586 e. The molecule has 0 amide bonds. The number of carbonyl (C=O) groups is 1. The van der Waals surface area contributed by atoms with Gasteiger partial charge in [0.05, 0.1) is 42.5 Å². The number of aliphatic hydroxyl groups excluding tert-OH is 3. The van der Waals surface area contributed by atoms with Crippen LogP contribution in [-0.2, 0) is 22.2 Å². The van der Waals surface area contributed by atoms with Gasteiger partial charge in [0.2, 0.25) is 0 Å². The molecule has 1 atom stereocenters. The Hall–Kier alpha value is -3.28. The molecule has 2 aromatic carbocycles. The standard InChI is InChI=1S/C16H23FN2O3.C11H8F2O3/c1-16(2,9-21)15-5-10-4-13(18-3)12(17)6-14(10)19(15)7-11(22)8-20;12-11(13)15-8-2-1-7(5-9(8)16-11)10(6-14)3-4-10/h4-6,11,18,20-22H,7-9H2,1-3H3;1-2,5-6H,3-4H2. The molecule has 38 heavy (non-hydrogen) atoms. The first kappa shape index (κ1) is 27.7. The topological polar surface area (TPSA) is 113 Å². The van der Waals surface area contributed by atoms with E-state index in [9.17, 15) is 28.2 Å². The van der Waals surface area contributed by atoms with Crippen LogP contribution in [0.25, 0.3) is 10.9 Å². The summed E-state index contributed by atoms with van der Waals surface area (Å²) in [6.07, 6.45) is -2.17. The van der Waals surface area contributed by atoms with Crippen LogP contribution < -0.4 is 14.8 Å². The number of halogens is 3. The average Bonchev–Trinajstić information content (AvgIpc) is 3.52. The summed E-state index contributed by atoms with van der Waals surface area (Å²) in [4.78, 5) is 10.9. The Morgan fingerprint density at radius 2 is 1.82 bits per heavy atom. The minimum Gasteiger partial charge on any atom is -0.395 e. The van der Waals surface area contributed by atoms with Crippen molar-refractivity contribution < 1.29 is 42.8 Å². The molecule has 0 radical (unpaired) electrons. The van der Waals surface area contributed by atoms with Crippen molar-refractivity contribution >= 4 is 22.9 Å². The number of aldehydes is 1. The molecular weight excluding hydrogens is 505 g/mol. The van der Waals surface area contributed by atoms with Gasteiger partial charge >= 0.3 is 6.29 Å². The van der Waals surface area contributed by atoms with E-state index >= 15 is 0 Å². The molecule has 1 saturated carbocycles. The van der Waals surface area contributed by atoms with Crippen LogP contribution in [0.1, 0.15) is 37.9 Å². The van der Waals surface area contributed by atoms with Gasteiger partial charge in [0.15, 0.2) is 11.5 Å². The van der Waals surface area contributed by atoms with Gasteiger partial charge in [-0.25, -0.2) is 4.39 Å².